The molecule has 196 valence electrons. The fraction of sp³-hybridized carbons (Fsp3) is 0.583. The molecule has 12 heteroatoms. The van der Waals surface area contributed by atoms with Gasteiger partial charge in [-0.25, -0.2) is 23.9 Å². The molecule has 2 aromatic heterocycles. The lowest BCUT2D eigenvalue weighted by atomic mass is 9.78. The third-order valence-electron chi connectivity index (χ3n) is 6.11. The summed E-state index contributed by atoms with van der Waals surface area (Å²) in [5.74, 6) is -0.845. The van der Waals surface area contributed by atoms with Crippen LogP contribution in [-0.4, -0.2) is 63.1 Å². The Morgan fingerprint density at radius 2 is 1.86 bits per heavy atom. The second kappa shape index (κ2) is 9.09. The highest BCUT2D eigenvalue weighted by molar-refractivity contribution is 7.98. The van der Waals surface area contributed by atoms with Crippen LogP contribution in [0.2, 0.25) is 5.15 Å². The number of pyridine rings is 2. The Kier molecular flexibility index (Phi) is 6.70. The van der Waals surface area contributed by atoms with Gasteiger partial charge in [-0.05, 0) is 54.2 Å². The number of hydrogen-bond donors (Lipinski definition) is 1. The second-order valence-corrected chi connectivity index (χ2v) is 12.2. The molecule has 3 aliphatic rings. The van der Waals surface area contributed by atoms with Gasteiger partial charge in [0, 0.05) is 24.0 Å². The van der Waals surface area contributed by atoms with Crippen LogP contribution < -0.4 is 10.6 Å². The van der Waals surface area contributed by atoms with Gasteiger partial charge in [0.1, 0.15) is 21.7 Å². The molecular weight excluding hydrogens is 509 g/mol. The first-order valence-electron chi connectivity index (χ1n) is 11.6. The summed E-state index contributed by atoms with van der Waals surface area (Å²) in [6.45, 7) is 11.1. The van der Waals surface area contributed by atoms with Gasteiger partial charge in [-0.2, -0.15) is 0 Å². The number of carbonyl (C=O) groups is 2. The highest BCUT2D eigenvalue weighted by Gasteiger charge is 2.59. The minimum atomic E-state index is -0.810. The van der Waals surface area contributed by atoms with Gasteiger partial charge in [-0.1, -0.05) is 11.6 Å². The summed E-state index contributed by atoms with van der Waals surface area (Å²) >= 11 is 7.16. The fourth-order valence-corrected chi connectivity index (χ4v) is 5.37. The highest BCUT2D eigenvalue weighted by atomic mass is 35.5. The number of nitrogens with zero attached hydrogens (tertiary/aromatic N) is 4. The monoisotopic (exact) mass is 539 g/mol. The van der Waals surface area contributed by atoms with E-state index in [0.29, 0.717) is 18.0 Å². The molecule has 0 radical (unpaired) electrons. The fourth-order valence-electron chi connectivity index (χ4n) is 4.74. The number of fused-ring (bicyclic) bond motifs is 2. The van der Waals surface area contributed by atoms with Crippen molar-refractivity contribution in [1.29, 1.82) is 0 Å². The summed E-state index contributed by atoms with van der Waals surface area (Å²) in [5, 5.41) is 0.234. The third kappa shape index (κ3) is 4.74. The summed E-state index contributed by atoms with van der Waals surface area (Å²) < 4.78 is 26.4. The first-order valence-corrected chi connectivity index (χ1v) is 13.2. The Morgan fingerprint density at radius 3 is 2.44 bits per heavy atom. The van der Waals surface area contributed by atoms with Gasteiger partial charge in [-0.3, -0.25) is 4.90 Å². The van der Waals surface area contributed by atoms with Gasteiger partial charge in [0.2, 0.25) is 0 Å². The molecule has 1 aliphatic carbocycles. The number of aromatic nitrogens is 2. The molecule has 3 fully saturated rings. The van der Waals surface area contributed by atoms with Crippen molar-refractivity contribution in [2.75, 3.05) is 23.4 Å². The minimum Gasteiger partial charge on any atom is -0.444 e. The number of anilines is 2. The molecule has 5 rings (SSSR count). The number of hydrogen-bond acceptors (Lipinski definition) is 8. The molecule has 2 aromatic rings. The van der Waals surface area contributed by atoms with E-state index in [-0.39, 0.29) is 39.4 Å². The summed E-state index contributed by atoms with van der Waals surface area (Å²) in [4.78, 5) is 38.0. The first-order chi connectivity index (χ1) is 16.6. The Balaban J connectivity index is 1.86. The van der Waals surface area contributed by atoms with E-state index in [9.17, 15) is 9.59 Å². The third-order valence-corrected chi connectivity index (χ3v) is 7.07. The van der Waals surface area contributed by atoms with Crippen LogP contribution >= 0.6 is 23.4 Å². The van der Waals surface area contributed by atoms with Crippen LogP contribution in [0.1, 0.15) is 48.0 Å². The maximum absolute atomic E-state index is 15.0. The average molecular weight is 540 g/mol. The van der Waals surface area contributed by atoms with Crippen molar-refractivity contribution in [2.24, 2.45) is 5.92 Å². The summed E-state index contributed by atoms with van der Waals surface area (Å²) in [6, 6.07) is -0.767. The Bertz CT molecular complexity index is 1230. The van der Waals surface area contributed by atoms with E-state index in [0.717, 1.165) is 0 Å². The van der Waals surface area contributed by atoms with Crippen molar-refractivity contribution in [3.63, 3.8) is 0 Å². The highest BCUT2D eigenvalue weighted by Crippen LogP contribution is 2.49. The number of thioether (sulfide) groups is 1. The van der Waals surface area contributed by atoms with Crippen LogP contribution in [-0.2, 0) is 9.47 Å². The van der Waals surface area contributed by atoms with E-state index in [4.69, 9.17) is 26.8 Å². The van der Waals surface area contributed by atoms with Gasteiger partial charge >= 0.3 is 12.2 Å². The number of rotatable bonds is 3. The van der Waals surface area contributed by atoms with Crippen molar-refractivity contribution >= 4 is 57.8 Å². The van der Waals surface area contributed by atoms with Crippen LogP contribution in [0, 0.1) is 11.7 Å². The molecule has 1 saturated carbocycles. The van der Waals surface area contributed by atoms with Crippen molar-refractivity contribution in [3.8, 4) is 0 Å². The topological polar surface area (TPSA) is 111 Å². The van der Waals surface area contributed by atoms with Crippen LogP contribution in [0.3, 0.4) is 0 Å². The zero-order valence-electron chi connectivity index (χ0n) is 21.4. The summed E-state index contributed by atoms with van der Waals surface area (Å²) in [6.07, 6.45) is 2.70. The molecule has 2 amide bonds. The second-order valence-electron chi connectivity index (χ2n) is 11.0. The molecule has 4 heterocycles. The maximum atomic E-state index is 15.0. The van der Waals surface area contributed by atoms with Gasteiger partial charge < -0.3 is 20.1 Å². The number of nitrogens with two attached hydrogens (primary N) is 1. The smallest absolute Gasteiger partial charge is 0.415 e. The van der Waals surface area contributed by atoms with Gasteiger partial charge in [0.25, 0.3) is 0 Å². The van der Waals surface area contributed by atoms with Gasteiger partial charge in [0.05, 0.1) is 23.5 Å². The first kappa shape index (κ1) is 26.5. The lowest BCUT2D eigenvalue weighted by Crippen LogP contribution is -2.59. The average Bonchev–Trinajstić information content (AvgIpc) is 3.33. The van der Waals surface area contributed by atoms with E-state index in [1.807, 2.05) is 0 Å². The van der Waals surface area contributed by atoms with E-state index in [1.165, 1.54) is 22.9 Å². The van der Waals surface area contributed by atoms with Crippen molar-refractivity contribution in [3.05, 3.63) is 17.2 Å². The molecule has 9 nitrogen and oxygen atoms in total. The molecule has 2 bridgehead atoms. The van der Waals surface area contributed by atoms with E-state index in [1.54, 1.807) is 52.7 Å². The molecule has 2 saturated heterocycles. The lowest BCUT2D eigenvalue weighted by Gasteiger charge is -2.44. The van der Waals surface area contributed by atoms with Crippen LogP contribution in [0.25, 0.3) is 10.9 Å². The maximum Gasteiger partial charge on any atom is 0.415 e. The zero-order chi connectivity index (χ0) is 26.7. The number of nitrogen functional groups attached to an aromatic ring is 1. The van der Waals surface area contributed by atoms with Crippen LogP contribution in [0.5, 0.6) is 0 Å². The molecule has 3 atom stereocenters. The molecule has 3 unspecified atom stereocenters. The quantitative estimate of drug-likeness (QED) is 0.403. The molecule has 2 aliphatic heterocycles. The molecular formula is C24H31ClFN5O4S. The van der Waals surface area contributed by atoms with Crippen LogP contribution in [0.15, 0.2) is 11.2 Å². The van der Waals surface area contributed by atoms with Crippen molar-refractivity contribution in [1.82, 2.24) is 14.9 Å². The van der Waals surface area contributed by atoms with E-state index >= 15 is 4.39 Å². The normalized spacial score (nSPS) is 21.4. The summed E-state index contributed by atoms with van der Waals surface area (Å²) in [5.41, 5.74) is 5.45. The number of halogens is 2. The van der Waals surface area contributed by atoms with Gasteiger partial charge in [0.15, 0.2) is 11.0 Å². The van der Waals surface area contributed by atoms with Gasteiger partial charge in [-0.15, -0.1) is 11.8 Å². The van der Waals surface area contributed by atoms with Crippen molar-refractivity contribution in [2.45, 2.75) is 76.3 Å². The Labute approximate surface area is 218 Å². The summed E-state index contributed by atoms with van der Waals surface area (Å²) in [7, 11) is 0. The predicted octanol–water partition coefficient (Wildman–Crippen LogP) is 5.48. The SMILES string of the molecule is CSc1nc2c(F)c(Cl)ncc2c(N(C(=O)OC(C)(C)C)C2C3CC2N(C(=O)OC(C)(C)C)C3)c1N. The van der Waals surface area contributed by atoms with E-state index < -0.39 is 35.2 Å². The minimum absolute atomic E-state index is 0.0412. The standard InChI is InChI=1S/C24H31ClFN5O4S/c1-23(2,3)34-21(32)30-10-11-8-13(30)17(11)31(22(33)35-24(4,5)6)18-12-9-28-19(25)14(26)16(12)29-20(36-7)15(18)27/h9,11,13,17H,8,10,27H2,1-7H3. The number of amides is 2. The molecule has 2 N–H and O–H groups in total. The molecule has 0 aromatic carbocycles. The van der Waals surface area contributed by atoms with E-state index in [2.05, 4.69) is 9.97 Å². The Morgan fingerprint density at radius 1 is 1.22 bits per heavy atom. The molecule has 36 heavy (non-hydrogen) atoms. The zero-order valence-corrected chi connectivity index (χ0v) is 23.0. The Hall–Kier alpha value is -2.53. The number of ether oxygens (including phenoxy) is 2. The predicted molar refractivity (Wildman–Crippen MR) is 138 cm³/mol. The lowest BCUT2D eigenvalue weighted by molar-refractivity contribution is 0.0217. The van der Waals surface area contributed by atoms with Crippen molar-refractivity contribution < 1.29 is 23.5 Å². The largest absolute Gasteiger partial charge is 0.444 e. The van der Waals surface area contributed by atoms with Crippen LogP contribution in [0.4, 0.5) is 25.4 Å². The number of carbonyl (C=O) groups excluding carboxylic acids is 2. The molecule has 0 spiro atoms.